The normalized spacial score (nSPS) is 12.4. The number of hydrogen-bond donors (Lipinski definition) is 3. The molecule has 0 spiro atoms. The summed E-state index contributed by atoms with van der Waals surface area (Å²) in [7, 11) is 0. The highest BCUT2D eigenvalue weighted by Gasteiger charge is 2.30. The van der Waals surface area contributed by atoms with Gasteiger partial charge in [0.15, 0.2) is 0 Å². The summed E-state index contributed by atoms with van der Waals surface area (Å²) in [5, 5.41) is 18.2. The lowest BCUT2D eigenvalue weighted by atomic mass is 10.2. The molecule has 3 aromatic rings. The van der Waals surface area contributed by atoms with Gasteiger partial charge in [-0.3, -0.25) is 9.59 Å². The third kappa shape index (κ3) is 5.24. The van der Waals surface area contributed by atoms with E-state index in [4.69, 9.17) is 4.42 Å². The minimum Gasteiger partial charge on any atom is -0.458 e. The average molecular weight is 424 g/mol. The first-order valence-electron chi connectivity index (χ1n) is 8.31. The van der Waals surface area contributed by atoms with E-state index in [0.29, 0.717) is 5.76 Å². The van der Waals surface area contributed by atoms with Gasteiger partial charge in [0.2, 0.25) is 0 Å². The van der Waals surface area contributed by atoms with Crippen LogP contribution in [0.5, 0.6) is 0 Å². The smallest absolute Gasteiger partial charge is 0.416 e. The highest BCUT2D eigenvalue weighted by atomic mass is 32.1. The maximum absolute atomic E-state index is 12.7. The van der Waals surface area contributed by atoms with Gasteiger partial charge in [-0.25, -0.2) is 0 Å². The maximum atomic E-state index is 12.7. The van der Waals surface area contributed by atoms with Crippen LogP contribution in [0.2, 0.25) is 0 Å². The highest BCUT2D eigenvalue weighted by molar-refractivity contribution is 7.08. The predicted molar refractivity (Wildman–Crippen MR) is 100 cm³/mol. The molecule has 1 atom stereocenters. The fourth-order valence-electron chi connectivity index (χ4n) is 2.42. The van der Waals surface area contributed by atoms with Gasteiger partial charge in [0.25, 0.3) is 0 Å². The number of alkyl halides is 3. The Morgan fingerprint density at radius 1 is 1.14 bits per heavy atom. The van der Waals surface area contributed by atoms with Crippen molar-refractivity contribution >= 4 is 28.8 Å². The third-order valence-corrected chi connectivity index (χ3v) is 4.55. The molecule has 0 bridgehead atoms. The van der Waals surface area contributed by atoms with Crippen LogP contribution in [0, 0.1) is 0 Å². The maximum Gasteiger partial charge on any atom is 0.416 e. The molecule has 29 heavy (non-hydrogen) atoms. The Bertz CT molecular complexity index is 999. The molecule has 152 valence electrons. The van der Waals surface area contributed by atoms with Gasteiger partial charge in [-0.2, -0.15) is 24.5 Å². The molecule has 3 rings (SSSR count). The molecule has 6 nitrogen and oxygen atoms in total. The Morgan fingerprint density at radius 2 is 1.93 bits per heavy atom. The molecule has 0 radical (unpaired) electrons. The largest absolute Gasteiger partial charge is 0.458 e. The van der Waals surface area contributed by atoms with Gasteiger partial charge in [0.1, 0.15) is 17.6 Å². The van der Waals surface area contributed by atoms with E-state index < -0.39 is 29.7 Å². The van der Waals surface area contributed by atoms with Crippen LogP contribution in [-0.2, 0) is 15.8 Å². The van der Waals surface area contributed by atoms with Crippen LogP contribution in [0.1, 0.15) is 17.4 Å². The van der Waals surface area contributed by atoms with Gasteiger partial charge < -0.3 is 20.2 Å². The van der Waals surface area contributed by atoms with E-state index in [1.165, 1.54) is 17.4 Å². The molecular weight excluding hydrogens is 409 g/mol. The average Bonchev–Trinajstić information content (AvgIpc) is 3.36. The van der Waals surface area contributed by atoms with Crippen molar-refractivity contribution in [3.05, 3.63) is 64.5 Å². The van der Waals surface area contributed by atoms with E-state index in [1.807, 2.05) is 16.8 Å². The summed E-state index contributed by atoms with van der Waals surface area (Å²) in [6, 6.07) is 8.97. The number of halogens is 3. The van der Waals surface area contributed by atoms with Crippen molar-refractivity contribution in [1.82, 2.24) is 5.32 Å². The summed E-state index contributed by atoms with van der Waals surface area (Å²) < 4.78 is 43.6. The first-order valence-corrected chi connectivity index (χ1v) is 9.25. The summed E-state index contributed by atoms with van der Waals surface area (Å²) in [6.45, 7) is -0.314. The molecule has 2 heterocycles. The summed E-state index contributed by atoms with van der Waals surface area (Å²) in [6.07, 6.45) is -5.77. The van der Waals surface area contributed by atoms with Crippen molar-refractivity contribution in [1.29, 1.82) is 0 Å². The molecule has 0 aliphatic heterocycles. The van der Waals surface area contributed by atoms with E-state index >= 15 is 0 Å². The number of aliphatic hydroxyl groups excluding tert-OH is 1. The summed E-state index contributed by atoms with van der Waals surface area (Å²) in [5.74, 6) is -1.51. The van der Waals surface area contributed by atoms with E-state index in [9.17, 15) is 27.9 Å². The lowest BCUT2D eigenvalue weighted by Gasteiger charge is -2.11. The molecule has 2 amide bonds. The van der Waals surface area contributed by atoms with Crippen molar-refractivity contribution in [3.63, 3.8) is 0 Å². The lowest BCUT2D eigenvalue weighted by molar-refractivity contribution is -0.137. The second-order valence-electron chi connectivity index (χ2n) is 5.97. The van der Waals surface area contributed by atoms with Crippen LogP contribution in [0.25, 0.3) is 11.3 Å². The number of aliphatic hydroxyl groups is 1. The molecule has 2 aromatic heterocycles. The van der Waals surface area contributed by atoms with Crippen LogP contribution in [0.3, 0.4) is 0 Å². The second-order valence-corrected chi connectivity index (χ2v) is 6.75. The molecule has 1 aromatic carbocycles. The van der Waals surface area contributed by atoms with Gasteiger partial charge >= 0.3 is 18.0 Å². The Kier molecular flexibility index (Phi) is 6.04. The third-order valence-electron chi connectivity index (χ3n) is 3.87. The number of rotatable bonds is 5. The fourth-order valence-corrected chi connectivity index (χ4v) is 3.07. The van der Waals surface area contributed by atoms with Gasteiger partial charge in [-0.05, 0) is 41.8 Å². The number of carbonyl (C=O) groups excluding carboxylic acids is 2. The van der Waals surface area contributed by atoms with Gasteiger partial charge in [-0.1, -0.05) is 6.07 Å². The molecule has 0 fully saturated rings. The Morgan fingerprint density at radius 3 is 2.62 bits per heavy atom. The van der Waals surface area contributed by atoms with E-state index in [0.717, 1.165) is 23.8 Å². The van der Waals surface area contributed by atoms with Crippen LogP contribution < -0.4 is 10.6 Å². The SMILES string of the molecule is O=C(NC[C@@H](O)c1ccc(-c2ccsc2)o1)C(=O)Nc1cccc(C(F)(F)F)c1. The van der Waals surface area contributed by atoms with Crippen molar-refractivity contribution in [2.24, 2.45) is 0 Å². The fraction of sp³-hybridized carbons (Fsp3) is 0.158. The van der Waals surface area contributed by atoms with E-state index in [-0.39, 0.29) is 18.0 Å². The topological polar surface area (TPSA) is 91.6 Å². The lowest BCUT2D eigenvalue weighted by Crippen LogP contribution is -2.37. The first-order chi connectivity index (χ1) is 13.7. The number of benzene rings is 1. The minimum atomic E-state index is -4.57. The first kappa shape index (κ1) is 20.6. The zero-order valence-corrected chi connectivity index (χ0v) is 15.5. The summed E-state index contributed by atoms with van der Waals surface area (Å²) in [5.41, 5.74) is -0.282. The molecule has 0 saturated carbocycles. The summed E-state index contributed by atoms with van der Waals surface area (Å²) >= 11 is 1.49. The molecule has 0 aliphatic carbocycles. The van der Waals surface area contributed by atoms with Gasteiger partial charge in [-0.15, -0.1) is 0 Å². The van der Waals surface area contributed by atoms with E-state index in [2.05, 4.69) is 10.6 Å². The zero-order valence-electron chi connectivity index (χ0n) is 14.7. The monoisotopic (exact) mass is 424 g/mol. The standard InChI is InChI=1S/C19H15F3N2O4S/c20-19(21,22)12-2-1-3-13(8-12)24-18(27)17(26)23-9-14(25)16-5-4-15(28-16)11-6-7-29-10-11/h1-8,10,14,25H,9H2,(H,23,26)(H,24,27)/t14-/m1/s1. The summed E-state index contributed by atoms with van der Waals surface area (Å²) in [4.78, 5) is 23.7. The van der Waals surface area contributed by atoms with Crippen molar-refractivity contribution in [2.75, 3.05) is 11.9 Å². The van der Waals surface area contributed by atoms with Crippen molar-refractivity contribution in [2.45, 2.75) is 12.3 Å². The zero-order chi connectivity index (χ0) is 21.0. The number of nitrogens with one attached hydrogen (secondary N) is 2. The molecule has 0 aliphatic rings. The number of thiophene rings is 1. The highest BCUT2D eigenvalue weighted by Crippen LogP contribution is 2.30. The van der Waals surface area contributed by atoms with Crippen LogP contribution in [-0.4, -0.2) is 23.5 Å². The predicted octanol–water partition coefficient (Wildman–Crippen LogP) is 3.82. The molecule has 3 N–H and O–H groups in total. The van der Waals surface area contributed by atoms with Gasteiger partial charge in [0.05, 0.1) is 12.1 Å². The number of furan rings is 1. The van der Waals surface area contributed by atoms with Crippen LogP contribution >= 0.6 is 11.3 Å². The molecule has 0 saturated heterocycles. The molecule has 10 heteroatoms. The minimum absolute atomic E-state index is 0.174. The Hall–Kier alpha value is -3.11. The quantitative estimate of drug-likeness (QED) is 0.543. The number of amides is 2. The van der Waals surface area contributed by atoms with Crippen molar-refractivity contribution in [3.8, 4) is 11.3 Å². The van der Waals surface area contributed by atoms with Crippen LogP contribution in [0.15, 0.2) is 57.6 Å². The van der Waals surface area contributed by atoms with Gasteiger partial charge in [0, 0.05) is 16.6 Å². The number of hydrogen-bond acceptors (Lipinski definition) is 5. The van der Waals surface area contributed by atoms with Crippen LogP contribution in [0.4, 0.5) is 18.9 Å². The number of carbonyl (C=O) groups is 2. The molecular formula is C19H15F3N2O4S. The van der Waals surface area contributed by atoms with Crippen molar-refractivity contribution < 1.29 is 32.3 Å². The molecule has 0 unspecified atom stereocenters. The van der Waals surface area contributed by atoms with E-state index in [1.54, 1.807) is 12.1 Å². The second kappa shape index (κ2) is 8.50. The Balaban J connectivity index is 1.54. The number of anilines is 1. The Labute approximate surface area is 167 Å².